The number of carbonyl (C=O) groups excluding carboxylic acids is 2. The summed E-state index contributed by atoms with van der Waals surface area (Å²) < 4.78 is 43.0. The minimum absolute atomic E-state index is 0.0873. The topological polar surface area (TPSA) is 58.6 Å². The van der Waals surface area contributed by atoms with E-state index in [1.807, 2.05) is 20.8 Å². The van der Waals surface area contributed by atoms with Gasteiger partial charge in [-0.3, -0.25) is 4.79 Å². The predicted molar refractivity (Wildman–Crippen MR) is 98.7 cm³/mol. The van der Waals surface area contributed by atoms with Gasteiger partial charge in [-0.25, -0.2) is 4.79 Å². The van der Waals surface area contributed by atoms with Gasteiger partial charge < -0.3 is 15.0 Å². The second-order valence-corrected chi connectivity index (χ2v) is 7.98. The summed E-state index contributed by atoms with van der Waals surface area (Å²) in [5.74, 6) is -0.262. The number of amides is 2. The van der Waals surface area contributed by atoms with Crippen molar-refractivity contribution in [1.29, 1.82) is 0 Å². The van der Waals surface area contributed by atoms with E-state index in [1.165, 1.54) is 12.1 Å². The van der Waals surface area contributed by atoms with Gasteiger partial charge in [-0.15, -0.1) is 0 Å². The van der Waals surface area contributed by atoms with Crippen LogP contribution in [-0.2, 0) is 22.1 Å². The SMILES string of the molecule is CC(C)(C)OC(=O)N1CCC(C(=O)NCCc2ccc(C(F)(F)F)cc2)CC1. The van der Waals surface area contributed by atoms with Crippen LogP contribution in [0.5, 0.6) is 0 Å². The standard InChI is InChI=1S/C20H27F3N2O3/c1-19(2,3)28-18(27)25-12-9-15(10-13-25)17(26)24-11-8-14-4-6-16(7-5-14)20(21,22)23/h4-7,15H,8-13H2,1-3H3,(H,24,26). The molecule has 1 aliphatic heterocycles. The highest BCUT2D eigenvalue weighted by atomic mass is 19.4. The van der Waals surface area contributed by atoms with Crippen molar-refractivity contribution in [2.24, 2.45) is 5.92 Å². The van der Waals surface area contributed by atoms with E-state index in [9.17, 15) is 22.8 Å². The highest BCUT2D eigenvalue weighted by Gasteiger charge is 2.31. The normalized spacial score (nSPS) is 16.0. The Balaban J connectivity index is 1.72. The van der Waals surface area contributed by atoms with E-state index in [1.54, 1.807) is 4.90 Å². The van der Waals surface area contributed by atoms with Gasteiger partial charge in [-0.05, 0) is 57.7 Å². The molecular formula is C20H27F3N2O3. The molecule has 1 aromatic carbocycles. The number of rotatable bonds is 4. The maximum Gasteiger partial charge on any atom is 0.416 e. The Hall–Kier alpha value is -2.25. The summed E-state index contributed by atoms with van der Waals surface area (Å²) >= 11 is 0. The lowest BCUT2D eigenvalue weighted by molar-refractivity contribution is -0.137. The lowest BCUT2D eigenvalue weighted by Crippen LogP contribution is -2.45. The van der Waals surface area contributed by atoms with E-state index in [2.05, 4.69) is 5.32 Å². The third-order valence-corrected chi connectivity index (χ3v) is 4.51. The minimum atomic E-state index is -4.35. The van der Waals surface area contributed by atoms with Crippen LogP contribution in [0.25, 0.3) is 0 Å². The van der Waals surface area contributed by atoms with Crippen molar-refractivity contribution < 1.29 is 27.5 Å². The number of hydrogen-bond acceptors (Lipinski definition) is 3. The van der Waals surface area contributed by atoms with Crippen molar-refractivity contribution in [2.75, 3.05) is 19.6 Å². The van der Waals surface area contributed by atoms with Gasteiger partial charge in [-0.2, -0.15) is 13.2 Å². The van der Waals surface area contributed by atoms with Crippen molar-refractivity contribution in [3.8, 4) is 0 Å². The van der Waals surface area contributed by atoms with E-state index in [0.717, 1.165) is 17.7 Å². The van der Waals surface area contributed by atoms with Gasteiger partial charge in [0.25, 0.3) is 0 Å². The average molecular weight is 400 g/mol. The summed E-state index contributed by atoms with van der Waals surface area (Å²) in [5.41, 5.74) is -0.506. The average Bonchev–Trinajstić information content (AvgIpc) is 2.60. The molecule has 0 radical (unpaired) electrons. The lowest BCUT2D eigenvalue weighted by Gasteiger charge is -2.32. The molecule has 1 aromatic rings. The molecule has 0 aliphatic carbocycles. The van der Waals surface area contributed by atoms with Crippen molar-refractivity contribution in [3.05, 3.63) is 35.4 Å². The number of nitrogens with one attached hydrogen (secondary N) is 1. The van der Waals surface area contributed by atoms with Crippen LogP contribution in [-0.4, -0.2) is 42.1 Å². The van der Waals surface area contributed by atoms with E-state index >= 15 is 0 Å². The van der Waals surface area contributed by atoms with Crippen LogP contribution >= 0.6 is 0 Å². The second-order valence-electron chi connectivity index (χ2n) is 7.98. The molecule has 2 amide bonds. The maximum atomic E-state index is 12.6. The second kappa shape index (κ2) is 8.84. The fraction of sp³-hybridized carbons (Fsp3) is 0.600. The Labute approximate surface area is 163 Å². The molecule has 0 aromatic heterocycles. The first-order valence-electron chi connectivity index (χ1n) is 9.37. The molecule has 0 spiro atoms. The van der Waals surface area contributed by atoms with Crippen molar-refractivity contribution >= 4 is 12.0 Å². The first-order valence-corrected chi connectivity index (χ1v) is 9.37. The Morgan fingerprint density at radius 2 is 1.68 bits per heavy atom. The number of benzene rings is 1. The molecule has 28 heavy (non-hydrogen) atoms. The third kappa shape index (κ3) is 6.73. The van der Waals surface area contributed by atoms with Gasteiger partial charge in [0.15, 0.2) is 0 Å². The Morgan fingerprint density at radius 1 is 1.11 bits per heavy atom. The molecule has 1 fully saturated rings. The van der Waals surface area contributed by atoms with Crippen molar-refractivity contribution in [3.63, 3.8) is 0 Å². The molecule has 8 heteroatoms. The van der Waals surface area contributed by atoms with Crippen LogP contribution in [0.15, 0.2) is 24.3 Å². The number of nitrogens with zero attached hydrogens (tertiary/aromatic N) is 1. The highest BCUT2D eigenvalue weighted by Crippen LogP contribution is 2.29. The molecular weight excluding hydrogens is 373 g/mol. The molecule has 0 bridgehead atoms. The summed E-state index contributed by atoms with van der Waals surface area (Å²) in [6.45, 7) is 6.71. The van der Waals surface area contributed by atoms with Crippen LogP contribution in [0.4, 0.5) is 18.0 Å². The summed E-state index contributed by atoms with van der Waals surface area (Å²) in [7, 11) is 0. The largest absolute Gasteiger partial charge is 0.444 e. The minimum Gasteiger partial charge on any atom is -0.444 e. The summed E-state index contributed by atoms with van der Waals surface area (Å²) in [6, 6.07) is 4.94. The number of hydrogen-bond donors (Lipinski definition) is 1. The smallest absolute Gasteiger partial charge is 0.416 e. The molecule has 1 saturated heterocycles. The van der Waals surface area contributed by atoms with Crippen LogP contribution in [0, 0.1) is 5.92 Å². The van der Waals surface area contributed by atoms with Gasteiger partial charge in [0.1, 0.15) is 5.60 Å². The lowest BCUT2D eigenvalue weighted by atomic mass is 9.96. The summed E-state index contributed by atoms with van der Waals surface area (Å²) in [4.78, 5) is 25.9. The molecule has 156 valence electrons. The zero-order valence-electron chi connectivity index (χ0n) is 16.4. The molecule has 0 saturated carbocycles. The van der Waals surface area contributed by atoms with Gasteiger partial charge in [0.2, 0.25) is 5.91 Å². The number of piperidine rings is 1. The summed E-state index contributed by atoms with van der Waals surface area (Å²) in [5, 5.41) is 2.83. The van der Waals surface area contributed by atoms with Crippen molar-refractivity contribution in [1.82, 2.24) is 10.2 Å². The zero-order chi connectivity index (χ0) is 20.9. The van der Waals surface area contributed by atoms with Gasteiger partial charge in [0, 0.05) is 25.6 Å². The van der Waals surface area contributed by atoms with E-state index in [-0.39, 0.29) is 17.9 Å². The first kappa shape index (κ1) is 22.0. The number of halogens is 3. The third-order valence-electron chi connectivity index (χ3n) is 4.51. The molecule has 1 aliphatic rings. The Morgan fingerprint density at radius 3 is 2.18 bits per heavy atom. The van der Waals surface area contributed by atoms with Gasteiger partial charge in [-0.1, -0.05) is 12.1 Å². The number of alkyl halides is 3. The number of carbonyl (C=O) groups is 2. The van der Waals surface area contributed by atoms with Crippen LogP contribution < -0.4 is 5.32 Å². The number of ether oxygens (including phenoxy) is 1. The monoisotopic (exact) mass is 400 g/mol. The fourth-order valence-electron chi connectivity index (χ4n) is 2.99. The summed E-state index contributed by atoms with van der Waals surface area (Å²) in [6.07, 6.45) is -3.13. The Bertz CT molecular complexity index is 673. The quantitative estimate of drug-likeness (QED) is 0.831. The first-order chi connectivity index (χ1) is 13.0. The molecule has 0 atom stereocenters. The van der Waals surface area contributed by atoms with Crippen LogP contribution in [0.3, 0.4) is 0 Å². The molecule has 5 nitrogen and oxygen atoms in total. The van der Waals surface area contributed by atoms with Gasteiger partial charge in [0.05, 0.1) is 5.56 Å². The zero-order valence-corrected chi connectivity index (χ0v) is 16.4. The molecule has 1 heterocycles. The molecule has 2 rings (SSSR count). The van der Waals surface area contributed by atoms with Gasteiger partial charge >= 0.3 is 12.3 Å². The predicted octanol–water partition coefficient (Wildman–Crippen LogP) is 4.01. The maximum absolute atomic E-state index is 12.6. The molecule has 1 N–H and O–H groups in total. The van der Waals surface area contributed by atoms with E-state index in [0.29, 0.717) is 38.9 Å². The van der Waals surface area contributed by atoms with E-state index < -0.39 is 17.3 Å². The highest BCUT2D eigenvalue weighted by molar-refractivity contribution is 5.79. The van der Waals surface area contributed by atoms with Crippen LogP contribution in [0.2, 0.25) is 0 Å². The van der Waals surface area contributed by atoms with Crippen molar-refractivity contribution in [2.45, 2.75) is 51.8 Å². The van der Waals surface area contributed by atoms with Crippen LogP contribution in [0.1, 0.15) is 44.7 Å². The molecule has 0 unspecified atom stereocenters. The van der Waals surface area contributed by atoms with E-state index in [4.69, 9.17) is 4.74 Å². The number of likely N-dealkylation sites (tertiary alicyclic amines) is 1. The fourth-order valence-corrected chi connectivity index (χ4v) is 2.99. The Kier molecular flexibility index (Phi) is 6.96.